The highest BCUT2D eigenvalue weighted by Crippen LogP contribution is 2.20. The zero-order valence-corrected chi connectivity index (χ0v) is 11.0. The normalized spacial score (nSPS) is 10.8. The fraction of sp³-hybridized carbons (Fsp3) is 0.333. The number of hydrogen-bond donors (Lipinski definition) is 2. The van der Waals surface area contributed by atoms with Gasteiger partial charge in [0.1, 0.15) is 5.84 Å². The van der Waals surface area contributed by atoms with Gasteiger partial charge >= 0.3 is 0 Å². The van der Waals surface area contributed by atoms with Crippen molar-refractivity contribution in [3.05, 3.63) is 41.1 Å². The fourth-order valence-corrected chi connectivity index (χ4v) is 2.16. The largest absolute Gasteiger partial charge is 0.384 e. The summed E-state index contributed by atoms with van der Waals surface area (Å²) in [6.45, 7) is 4.11. The Bertz CT molecular complexity index is 588. The summed E-state index contributed by atoms with van der Waals surface area (Å²) < 4.78 is 0. The molecule has 0 aliphatic heterocycles. The van der Waals surface area contributed by atoms with Crippen LogP contribution in [0.1, 0.15) is 36.6 Å². The molecule has 3 heteroatoms. The lowest BCUT2D eigenvalue weighted by Crippen LogP contribution is -2.12. The number of hydrogen-bond acceptors (Lipinski definition) is 2. The van der Waals surface area contributed by atoms with Gasteiger partial charge in [-0.25, -0.2) is 0 Å². The number of aryl methyl sites for hydroxylation is 2. The van der Waals surface area contributed by atoms with Crippen LogP contribution in [0.2, 0.25) is 0 Å². The van der Waals surface area contributed by atoms with E-state index in [1.807, 2.05) is 19.1 Å². The van der Waals surface area contributed by atoms with Crippen LogP contribution < -0.4 is 5.73 Å². The number of unbranched alkanes of at least 4 members (excludes halogenated alkanes) is 1. The SMILES string of the molecule is CCCCc1ccc2nc(C)cc(C(=N)N)c2c1. The second kappa shape index (κ2) is 5.17. The third-order valence-electron chi connectivity index (χ3n) is 3.11. The average molecular weight is 241 g/mol. The van der Waals surface area contributed by atoms with Gasteiger partial charge in [-0.3, -0.25) is 10.4 Å². The van der Waals surface area contributed by atoms with Crippen LogP contribution in [-0.4, -0.2) is 10.8 Å². The number of rotatable bonds is 4. The molecule has 1 aromatic heterocycles. The molecule has 3 nitrogen and oxygen atoms in total. The molecule has 0 saturated heterocycles. The van der Waals surface area contributed by atoms with Gasteiger partial charge in [0.05, 0.1) is 5.52 Å². The maximum absolute atomic E-state index is 7.67. The van der Waals surface area contributed by atoms with E-state index in [4.69, 9.17) is 11.1 Å². The van der Waals surface area contributed by atoms with Crippen molar-refractivity contribution in [2.45, 2.75) is 33.1 Å². The first-order valence-electron chi connectivity index (χ1n) is 6.36. The highest BCUT2D eigenvalue weighted by atomic mass is 14.7. The Morgan fingerprint density at radius 3 is 2.78 bits per heavy atom. The number of aromatic nitrogens is 1. The summed E-state index contributed by atoms with van der Waals surface area (Å²) in [6, 6.07) is 8.15. The van der Waals surface area contributed by atoms with E-state index in [2.05, 4.69) is 24.0 Å². The molecule has 0 radical (unpaired) electrons. The average Bonchev–Trinajstić information content (AvgIpc) is 2.35. The van der Waals surface area contributed by atoms with Crippen molar-refractivity contribution >= 4 is 16.7 Å². The summed E-state index contributed by atoms with van der Waals surface area (Å²) >= 11 is 0. The second-order valence-corrected chi connectivity index (χ2v) is 4.68. The van der Waals surface area contributed by atoms with Crippen molar-refractivity contribution in [1.82, 2.24) is 4.98 Å². The Hall–Kier alpha value is -1.90. The minimum absolute atomic E-state index is 0.109. The first kappa shape index (κ1) is 12.6. The third-order valence-corrected chi connectivity index (χ3v) is 3.11. The molecule has 2 rings (SSSR count). The molecule has 3 N–H and O–H groups in total. The number of amidine groups is 1. The number of nitrogen functional groups attached to an aromatic ring is 1. The Balaban J connectivity index is 2.56. The maximum atomic E-state index is 7.67. The minimum atomic E-state index is 0.109. The highest BCUT2D eigenvalue weighted by Gasteiger charge is 2.07. The topological polar surface area (TPSA) is 62.8 Å². The van der Waals surface area contributed by atoms with Crippen molar-refractivity contribution < 1.29 is 0 Å². The lowest BCUT2D eigenvalue weighted by molar-refractivity contribution is 0.796. The summed E-state index contributed by atoms with van der Waals surface area (Å²) in [7, 11) is 0. The number of nitrogens with two attached hydrogens (primary N) is 1. The van der Waals surface area contributed by atoms with E-state index in [0.29, 0.717) is 0 Å². The predicted octanol–water partition coefficient (Wildman–Crippen LogP) is 3.17. The number of nitrogens with one attached hydrogen (secondary N) is 1. The molecule has 94 valence electrons. The van der Waals surface area contributed by atoms with Crippen molar-refractivity contribution in [2.24, 2.45) is 5.73 Å². The van der Waals surface area contributed by atoms with E-state index in [1.54, 1.807) is 0 Å². The quantitative estimate of drug-likeness (QED) is 0.638. The standard InChI is InChI=1S/C15H19N3/c1-3-4-5-11-6-7-14-12(9-11)13(15(16)17)8-10(2)18-14/h6-9H,3-5H2,1-2H3,(H3,16,17). The summed E-state index contributed by atoms with van der Waals surface area (Å²) in [5, 5.41) is 8.66. The molecule has 0 unspecified atom stereocenters. The zero-order valence-electron chi connectivity index (χ0n) is 11.0. The highest BCUT2D eigenvalue weighted by molar-refractivity contribution is 6.06. The molecule has 0 atom stereocenters. The van der Waals surface area contributed by atoms with Crippen LogP contribution in [0.25, 0.3) is 10.9 Å². The van der Waals surface area contributed by atoms with Crippen LogP contribution in [-0.2, 0) is 6.42 Å². The van der Waals surface area contributed by atoms with Crippen LogP contribution >= 0.6 is 0 Å². The monoisotopic (exact) mass is 241 g/mol. The van der Waals surface area contributed by atoms with Gasteiger partial charge in [-0.1, -0.05) is 19.4 Å². The zero-order chi connectivity index (χ0) is 13.1. The maximum Gasteiger partial charge on any atom is 0.123 e. The van der Waals surface area contributed by atoms with E-state index < -0.39 is 0 Å². The first-order chi connectivity index (χ1) is 8.61. The van der Waals surface area contributed by atoms with Gasteiger partial charge in [0.25, 0.3) is 0 Å². The summed E-state index contributed by atoms with van der Waals surface area (Å²) in [5.74, 6) is 0.109. The Morgan fingerprint density at radius 1 is 1.33 bits per heavy atom. The van der Waals surface area contributed by atoms with E-state index >= 15 is 0 Å². The molecule has 2 aromatic rings. The molecule has 0 spiro atoms. The van der Waals surface area contributed by atoms with Gasteiger partial charge < -0.3 is 5.73 Å². The minimum Gasteiger partial charge on any atom is -0.384 e. The molecule has 0 aliphatic carbocycles. The molecular formula is C15H19N3. The van der Waals surface area contributed by atoms with Crippen LogP contribution in [0.15, 0.2) is 24.3 Å². The van der Waals surface area contributed by atoms with Crippen LogP contribution in [0.5, 0.6) is 0 Å². The Morgan fingerprint density at radius 2 is 2.11 bits per heavy atom. The van der Waals surface area contributed by atoms with Gasteiger partial charge in [-0.2, -0.15) is 0 Å². The van der Waals surface area contributed by atoms with E-state index in [9.17, 15) is 0 Å². The van der Waals surface area contributed by atoms with Crippen LogP contribution in [0.4, 0.5) is 0 Å². The van der Waals surface area contributed by atoms with Crippen molar-refractivity contribution in [2.75, 3.05) is 0 Å². The van der Waals surface area contributed by atoms with Gasteiger partial charge in [-0.05, 0) is 43.5 Å². The van der Waals surface area contributed by atoms with E-state index in [0.717, 1.165) is 28.6 Å². The number of pyridine rings is 1. The third kappa shape index (κ3) is 2.50. The molecule has 0 saturated carbocycles. The van der Waals surface area contributed by atoms with Crippen LogP contribution in [0, 0.1) is 12.3 Å². The number of benzene rings is 1. The lowest BCUT2D eigenvalue weighted by atomic mass is 10.0. The molecule has 1 heterocycles. The molecule has 1 aromatic carbocycles. The summed E-state index contributed by atoms with van der Waals surface area (Å²) in [6.07, 6.45) is 3.43. The van der Waals surface area contributed by atoms with Gasteiger partial charge in [0.2, 0.25) is 0 Å². The number of nitrogens with zero attached hydrogens (tertiary/aromatic N) is 1. The van der Waals surface area contributed by atoms with E-state index in [1.165, 1.54) is 18.4 Å². The predicted molar refractivity (Wildman–Crippen MR) is 76.1 cm³/mol. The van der Waals surface area contributed by atoms with Gasteiger partial charge in [0, 0.05) is 16.6 Å². The fourth-order valence-electron chi connectivity index (χ4n) is 2.16. The first-order valence-corrected chi connectivity index (χ1v) is 6.36. The second-order valence-electron chi connectivity index (χ2n) is 4.68. The Kier molecular flexibility index (Phi) is 3.60. The number of fused-ring (bicyclic) bond motifs is 1. The molecule has 18 heavy (non-hydrogen) atoms. The molecule has 0 aliphatic rings. The summed E-state index contributed by atoms with van der Waals surface area (Å²) in [4.78, 5) is 4.49. The summed E-state index contributed by atoms with van der Waals surface area (Å²) in [5.41, 5.74) is 9.55. The Labute approximate surface area is 108 Å². The van der Waals surface area contributed by atoms with Gasteiger partial charge in [0.15, 0.2) is 0 Å². The van der Waals surface area contributed by atoms with Crippen molar-refractivity contribution in [3.63, 3.8) is 0 Å². The smallest absolute Gasteiger partial charge is 0.123 e. The van der Waals surface area contributed by atoms with E-state index in [-0.39, 0.29) is 5.84 Å². The molecule has 0 bridgehead atoms. The van der Waals surface area contributed by atoms with Crippen LogP contribution in [0.3, 0.4) is 0 Å². The molecule has 0 fully saturated rings. The lowest BCUT2D eigenvalue weighted by Gasteiger charge is -2.08. The van der Waals surface area contributed by atoms with Crippen molar-refractivity contribution in [3.8, 4) is 0 Å². The molecule has 0 amide bonds. The van der Waals surface area contributed by atoms with Crippen molar-refractivity contribution in [1.29, 1.82) is 5.41 Å². The molecular weight excluding hydrogens is 222 g/mol. The van der Waals surface area contributed by atoms with Gasteiger partial charge in [-0.15, -0.1) is 0 Å².